The summed E-state index contributed by atoms with van der Waals surface area (Å²) in [5.74, 6) is 1.66. The lowest BCUT2D eigenvalue weighted by atomic mass is 10.3. The van der Waals surface area contributed by atoms with Gasteiger partial charge in [0.25, 0.3) is 0 Å². The summed E-state index contributed by atoms with van der Waals surface area (Å²) in [5.41, 5.74) is 6.74. The van der Waals surface area contributed by atoms with E-state index in [1.807, 2.05) is 29.7 Å². The van der Waals surface area contributed by atoms with E-state index in [0.717, 1.165) is 17.1 Å². The van der Waals surface area contributed by atoms with Crippen LogP contribution in [0.4, 0.5) is 0 Å². The zero-order valence-electron chi connectivity index (χ0n) is 8.27. The first-order valence-corrected chi connectivity index (χ1v) is 4.49. The van der Waals surface area contributed by atoms with Gasteiger partial charge in [0.15, 0.2) is 0 Å². The van der Waals surface area contributed by atoms with Crippen molar-refractivity contribution in [2.24, 2.45) is 5.73 Å². The van der Waals surface area contributed by atoms with E-state index in [1.165, 1.54) is 0 Å². The largest absolute Gasteiger partial charge is 0.494 e. The Labute approximate surface area is 82.3 Å². The molecule has 0 saturated carbocycles. The van der Waals surface area contributed by atoms with E-state index in [0.29, 0.717) is 0 Å². The predicted molar refractivity (Wildman–Crippen MR) is 54.3 cm³/mol. The van der Waals surface area contributed by atoms with Gasteiger partial charge >= 0.3 is 0 Å². The fourth-order valence-corrected chi connectivity index (χ4v) is 1.53. The van der Waals surface area contributed by atoms with Gasteiger partial charge in [-0.1, -0.05) is 0 Å². The van der Waals surface area contributed by atoms with Crippen molar-refractivity contribution in [3.05, 3.63) is 30.4 Å². The molecule has 0 aliphatic carbocycles. The van der Waals surface area contributed by atoms with Gasteiger partial charge in [0.05, 0.1) is 19.3 Å². The van der Waals surface area contributed by atoms with Gasteiger partial charge in [-0.05, 0) is 19.1 Å². The van der Waals surface area contributed by atoms with Crippen LogP contribution in [0.15, 0.2) is 24.5 Å². The highest BCUT2D eigenvalue weighted by molar-refractivity contribution is 5.59. The lowest BCUT2D eigenvalue weighted by Crippen LogP contribution is -2.09. The summed E-state index contributed by atoms with van der Waals surface area (Å²) in [6.45, 7) is 1.91. The Morgan fingerprint density at radius 3 is 3.00 bits per heavy atom. The normalized spacial score (nSPS) is 13.1. The molecule has 0 bridgehead atoms. The van der Waals surface area contributed by atoms with Crippen LogP contribution in [0.3, 0.4) is 0 Å². The SMILES string of the molecule is COc1cccn2c(C(C)N)ncc12. The van der Waals surface area contributed by atoms with E-state index in [4.69, 9.17) is 10.5 Å². The van der Waals surface area contributed by atoms with Gasteiger partial charge in [0.1, 0.15) is 17.1 Å². The van der Waals surface area contributed by atoms with Crippen molar-refractivity contribution in [3.8, 4) is 5.75 Å². The quantitative estimate of drug-likeness (QED) is 0.779. The third-order valence-corrected chi connectivity index (χ3v) is 2.19. The van der Waals surface area contributed by atoms with Crippen LogP contribution in [0.2, 0.25) is 0 Å². The second kappa shape index (κ2) is 3.31. The molecule has 0 saturated heterocycles. The molecule has 0 aromatic carbocycles. The number of methoxy groups -OCH3 is 1. The van der Waals surface area contributed by atoms with Gasteiger partial charge in [-0.15, -0.1) is 0 Å². The summed E-state index contributed by atoms with van der Waals surface area (Å²) >= 11 is 0. The summed E-state index contributed by atoms with van der Waals surface area (Å²) in [6.07, 6.45) is 3.71. The average molecular weight is 191 g/mol. The second-order valence-corrected chi connectivity index (χ2v) is 3.24. The zero-order valence-corrected chi connectivity index (χ0v) is 8.27. The number of fused-ring (bicyclic) bond motifs is 1. The zero-order chi connectivity index (χ0) is 10.1. The molecule has 0 radical (unpaired) electrons. The van der Waals surface area contributed by atoms with Crippen molar-refractivity contribution in [1.82, 2.24) is 9.38 Å². The van der Waals surface area contributed by atoms with Crippen molar-refractivity contribution in [1.29, 1.82) is 0 Å². The number of aromatic nitrogens is 2. The molecule has 2 aromatic heterocycles. The molecule has 14 heavy (non-hydrogen) atoms. The molecule has 1 unspecified atom stereocenters. The minimum Gasteiger partial charge on any atom is -0.494 e. The van der Waals surface area contributed by atoms with Gasteiger partial charge in [-0.2, -0.15) is 0 Å². The fourth-order valence-electron chi connectivity index (χ4n) is 1.53. The Bertz CT molecular complexity index is 448. The highest BCUT2D eigenvalue weighted by atomic mass is 16.5. The fraction of sp³-hybridized carbons (Fsp3) is 0.300. The lowest BCUT2D eigenvalue weighted by Gasteiger charge is -2.06. The Morgan fingerprint density at radius 2 is 2.36 bits per heavy atom. The number of ether oxygens (including phenoxy) is 1. The van der Waals surface area contributed by atoms with Crippen LogP contribution < -0.4 is 10.5 Å². The van der Waals surface area contributed by atoms with Crippen LogP contribution in [0, 0.1) is 0 Å². The molecule has 2 rings (SSSR count). The summed E-state index contributed by atoms with van der Waals surface area (Å²) in [4.78, 5) is 4.26. The molecule has 2 heterocycles. The molecule has 74 valence electrons. The van der Waals surface area contributed by atoms with E-state index >= 15 is 0 Å². The Morgan fingerprint density at radius 1 is 1.57 bits per heavy atom. The van der Waals surface area contributed by atoms with Crippen molar-refractivity contribution in [3.63, 3.8) is 0 Å². The molecular formula is C10H13N3O. The standard InChI is InChI=1S/C10H13N3O/c1-7(11)10-12-6-8-9(14-2)4-3-5-13(8)10/h3-7H,11H2,1-2H3. The molecule has 0 aliphatic rings. The first-order valence-electron chi connectivity index (χ1n) is 4.49. The first-order chi connectivity index (χ1) is 6.74. The smallest absolute Gasteiger partial charge is 0.144 e. The van der Waals surface area contributed by atoms with E-state index in [2.05, 4.69) is 4.98 Å². The van der Waals surface area contributed by atoms with E-state index < -0.39 is 0 Å². The molecule has 2 N–H and O–H groups in total. The highest BCUT2D eigenvalue weighted by Crippen LogP contribution is 2.21. The molecular weight excluding hydrogens is 178 g/mol. The summed E-state index contributed by atoms with van der Waals surface area (Å²) in [6, 6.07) is 3.74. The van der Waals surface area contributed by atoms with Crippen LogP contribution in [-0.2, 0) is 0 Å². The molecule has 4 heteroatoms. The van der Waals surface area contributed by atoms with Crippen LogP contribution in [0.25, 0.3) is 5.52 Å². The first kappa shape index (κ1) is 9.02. The molecule has 0 spiro atoms. The third kappa shape index (κ3) is 1.24. The number of nitrogens with zero attached hydrogens (tertiary/aromatic N) is 2. The van der Waals surface area contributed by atoms with Crippen LogP contribution in [0.1, 0.15) is 18.8 Å². The highest BCUT2D eigenvalue weighted by Gasteiger charge is 2.09. The lowest BCUT2D eigenvalue weighted by molar-refractivity contribution is 0.417. The van der Waals surface area contributed by atoms with Crippen molar-refractivity contribution >= 4 is 5.52 Å². The second-order valence-electron chi connectivity index (χ2n) is 3.24. The maximum atomic E-state index is 5.79. The van der Waals surface area contributed by atoms with Gasteiger partial charge in [0, 0.05) is 6.20 Å². The minimum absolute atomic E-state index is 0.0791. The van der Waals surface area contributed by atoms with Gasteiger partial charge < -0.3 is 10.5 Å². The summed E-state index contributed by atoms with van der Waals surface area (Å²) < 4.78 is 7.17. The number of imidazole rings is 1. The number of rotatable bonds is 2. The van der Waals surface area contributed by atoms with Crippen molar-refractivity contribution in [2.45, 2.75) is 13.0 Å². The van der Waals surface area contributed by atoms with Crippen LogP contribution in [0.5, 0.6) is 5.75 Å². The Kier molecular flexibility index (Phi) is 2.13. The maximum Gasteiger partial charge on any atom is 0.144 e. The topological polar surface area (TPSA) is 52.5 Å². The number of nitrogens with two attached hydrogens (primary N) is 1. The Hall–Kier alpha value is -1.55. The number of hydrogen-bond donors (Lipinski definition) is 1. The predicted octanol–water partition coefficient (Wildman–Crippen LogP) is 1.36. The molecule has 0 amide bonds. The molecule has 0 fully saturated rings. The number of hydrogen-bond acceptors (Lipinski definition) is 3. The van der Waals surface area contributed by atoms with Crippen LogP contribution in [-0.4, -0.2) is 16.5 Å². The van der Waals surface area contributed by atoms with Gasteiger partial charge in [0.2, 0.25) is 0 Å². The molecule has 0 aliphatic heterocycles. The van der Waals surface area contributed by atoms with Gasteiger partial charge in [-0.25, -0.2) is 4.98 Å². The molecule has 4 nitrogen and oxygen atoms in total. The maximum absolute atomic E-state index is 5.79. The van der Waals surface area contributed by atoms with Crippen molar-refractivity contribution < 1.29 is 4.74 Å². The average Bonchev–Trinajstić information content (AvgIpc) is 2.60. The monoisotopic (exact) mass is 191 g/mol. The van der Waals surface area contributed by atoms with Gasteiger partial charge in [-0.3, -0.25) is 4.40 Å². The third-order valence-electron chi connectivity index (χ3n) is 2.19. The Balaban J connectivity index is 2.69. The minimum atomic E-state index is -0.0791. The summed E-state index contributed by atoms with van der Waals surface area (Å²) in [5, 5.41) is 0. The van der Waals surface area contributed by atoms with E-state index in [9.17, 15) is 0 Å². The summed E-state index contributed by atoms with van der Waals surface area (Å²) in [7, 11) is 1.65. The van der Waals surface area contributed by atoms with Crippen molar-refractivity contribution in [2.75, 3.05) is 7.11 Å². The molecule has 1 atom stereocenters. The molecule has 2 aromatic rings. The number of pyridine rings is 1. The van der Waals surface area contributed by atoms with E-state index in [-0.39, 0.29) is 6.04 Å². The van der Waals surface area contributed by atoms with E-state index in [1.54, 1.807) is 13.3 Å². The van der Waals surface area contributed by atoms with Crippen LogP contribution >= 0.6 is 0 Å².